The smallest absolute Gasteiger partial charge is 0.255 e. The Hall–Kier alpha value is -0.540. The predicted octanol–water partition coefficient (Wildman–Crippen LogP) is 4.75. The van der Waals surface area contributed by atoms with Crippen molar-refractivity contribution in [1.29, 1.82) is 0 Å². The average Bonchev–Trinajstić information content (AvgIpc) is 2.40. The van der Waals surface area contributed by atoms with Crippen LogP contribution in [0.2, 0.25) is 5.02 Å². The van der Waals surface area contributed by atoms with Gasteiger partial charge in [-0.15, -0.1) is 0 Å². The Bertz CT molecular complexity index is 477. The van der Waals surface area contributed by atoms with E-state index in [2.05, 4.69) is 22.9 Å². The fourth-order valence-electron chi connectivity index (χ4n) is 2.87. The van der Waals surface area contributed by atoms with Gasteiger partial charge >= 0.3 is 0 Å². The number of hydrogen-bond donors (Lipinski definition) is 0. The quantitative estimate of drug-likeness (QED) is 0.758. The average molecular weight is 345 g/mol. The van der Waals surface area contributed by atoms with Crippen LogP contribution in [-0.4, -0.2) is 23.9 Å². The zero-order valence-corrected chi connectivity index (χ0v) is 13.7. The Morgan fingerprint density at radius 2 is 2.05 bits per heavy atom. The molecule has 1 aliphatic rings. The molecule has 2 unspecified atom stereocenters. The normalized spacial score (nSPS) is 23.2. The lowest BCUT2D eigenvalue weighted by atomic mass is 9.85. The van der Waals surface area contributed by atoms with E-state index in [1.165, 1.54) is 19.3 Å². The fourth-order valence-corrected chi connectivity index (χ4v) is 3.43. The summed E-state index contributed by atoms with van der Waals surface area (Å²) in [5, 5.41) is 0.517. The van der Waals surface area contributed by atoms with Crippen LogP contribution in [0.4, 0.5) is 0 Å². The maximum Gasteiger partial charge on any atom is 0.255 e. The maximum atomic E-state index is 12.6. The Labute approximate surface area is 128 Å². The molecule has 2 rings (SSSR count). The van der Waals surface area contributed by atoms with Crippen LogP contribution in [0.1, 0.15) is 43.0 Å². The second-order valence-electron chi connectivity index (χ2n) is 5.37. The van der Waals surface area contributed by atoms with E-state index in [9.17, 15) is 4.79 Å². The molecule has 2 atom stereocenters. The molecule has 0 radical (unpaired) electrons. The Morgan fingerprint density at radius 3 is 2.74 bits per heavy atom. The van der Waals surface area contributed by atoms with Gasteiger partial charge < -0.3 is 4.90 Å². The van der Waals surface area contributed by atoms with Crippen molar-refractivity contribution in [2.45, 2.75) is 38.6 Å². The molecule has 0 spiro atoms. The second kappa shape index (κ2) is 6.27. The van der Waals surface area contributed by atoms with Crippen molar-refractivity contribution in [3.05, 3.63) is 33.3 Å². The zero-order valence-electron chi connectivity index (χ0n) is 11.3. The van der Waals surface area contributed by atoms with E-state index >= 15 is 0 Å². The fraction of sp³-hybridized carbons (Fsp3) is 0.533. The molecule has 19 heavy (non-hydrogen) atoms. The van der Waals surface area contributed by atoms with Crippen molar-refractivity contribution in [3.63, 3.8) is 0 Å². The molecule has 1 aliphatic carbocycles. The SMILES string of the molecule is CC1CCCCC1N(C)C(=O)c1cc(Br)ccc1Cl. The highest BCUT2D eigenvalue weighted by Crippen LogP contribution is 2.29. The van der Waals surface area contributed by atoms with Crippen molar-refractivity contribution in [2.75, 3.05) is 7.05 Å². The number of rotatable bonds is 2. The van der Waals surface area contributed by atoms with E-state index in [0.717, 1.165) is 10.9 Å². The molecule has 1 saturated carbocycles. The van der Waals surface area contributed by atoms with Crippen LogP contribution in [-0.2, 0) is 0 Å². The van der Waals surface area contributed by atoms with Gasteiger partial charge in [0.1, 0.15) is 0 Å². The van der Waals surface area contributed by atoms with Crippen LogP contribution in [0.15, 0.2) is 22.7 Å². The van der Waals surface area contributed by atoms with E-state index in [-0.39, 0.29) is 5.91 Å². The van der Waals surface area contributed by atoms with Crippen LogP contribution >= 0.6 is 27.5 Å². The first-order valence-electron chi connectivity index (χ1n) is 6.73. The van der Waals surface area contributed by atoms with Crippen LogP contribution < -0.4 is 0 Å². The van der Waals surface area contributed by atoms with E-state index in [1.54, 1.807) is 12.1 Å². The molecule has 1 fully saturated rings. The van der Waals surface area contributed by atoms with Crippen LogP contribution in [0.5, 0.6) is 0 Å². The summed E-state index contributed by atoms with van der Waals surface area (Å²) in [5.41, 5.74) is 0.580. The lowest BCUT2D eigenvalue weighted by Crippen LogP contribution is -2.42. The van der Waals surface area contributed by atoms with Gasteiger partial charge in [0.2, 0.25) is 0 Å². The number of carbonyl (C=O) groups is 1. The van der Waals surface area contributed by atoms with Gasteiger partial charge in [-0.05, 0) is 37.0 Å². The first-order valence-corrected chi connectivity index (χ1v) is 7.90. The third kappa shape index (κ3) is 3.32. The van der Waals surface area contributed by atoms with E-state index in [0.29, 0.717) is 22.5 Å². The van der Waals surface area contributed by atoms with Gasteiger partial charge in [-0.2, -0.15) is 0 Å². The van der Waals surface area contributed by atoms with Gasteiger partial charge in [-0.3, -0.25) is 4.79 Å². The first kappa shape index (κ1) is 14.9. The molecule has 1 aromatic carbocycles. The van der Waals surface area contributed by atoms with Gasteiger partial charge in [0.05, 0.1) is 10.6 Å². The lowest BCUT2D eigenvalue weighted by Gasteiger charge is -2.36. The summed E-state index contributed by atoms with van der Waals surface area (Å²) in [6, 6.07) is 5.74. The number of benzene rings is 1. The molecule has 0 N–H and O–H groups in total. The summed E-state index contributed by atoms with van der Waals surface area (Å²) < 4.78 is 0.880. The third-order valence-electron chi connectivity index (χ3n) is 4.04. The van der Waals surface area contributed by atoms with Gasteiger partial charge in [0.25, 0.3) is 5.91 Å². The standard InChI is InChI=1S/C15H19BrClNO/c1-10-5-3-4-6-14(10)18(2)15(19)12-9-11(16)7-8-13(12)17/h7-10,14H,3-6H2,1-2H3. The van der Waals surface area contributed by atoms with Gasteiger partial charge in [0, 0.05) is 17.6 Å². The molecule has 1 amide bonds. The minimum atomic E-state index is 0.0186. The van der Waals surface area contributed by atoms with Crippen molar-refractivity contribution in [3.8, 4) is 0 Å². The zero-order chi connectivity index (χ0) is 14.0. The summed E-state index contributed by atoms with van der Waals surface area (Å²) in [7, 11) is 1.89. The predicted molar refractivity (Wildman–Crippen MR) is 82.7 cm³/mol. The maximum absolute atomic E-state index is 12.6. The summed E-state index contributed by atoms with van der Waals surface area (Å²) in [6.45, 7) is 2.23. The molecule has 1 aromatic rings. The van der Waals surface area contributed by atoms with Gasteiger partial charge in [-0.25, -0.2) is 0 Å². The Morgan fingerprint density at radius 1 is 1.37 bits per heavy atom. The van der Waals surface area contributed by atoms with Crippen LogP contribution in [0.25, 0.3) is 0 Å². The highest BCUT2D eigenvalue weighted by Gasteiger charge is 2.29. The minimum Gasteiger partial charge on any atom is -0.338 e. The highest BCUT2D eigenvalue weighted by atomic mass is 79.9. The largest absolute Gasteiger partial charge is 0.338 e. The van der Waals surface area contributed by atoms with Gasteiger partial charge in [-0.1, -0.05) is 47.3 Å². The van der Waals surface area contributed by atoms with Crippen molar-refractivity contribution >= 4 is 33.4 Å². The van der Waals surface area contributed by atoms with E-state index < -0.39 is 0 Å². The number of hydrogen-bond acceptors (Lipinski definition) is 1. The van der Waals surface area contributed by atoms with Crippen molar-refractivity contribution in [1.82, 2.24) is 4.90 Å². The second-order valence-corrected chi connectivity index (χ2v) is 6.69. The molecular formula is C15H19BrClNO. The Balaban J connectivity index is 2.20. The van der Waals surface area contributed by atoms with Crippen molar-refractivity contribution in [2.24, 2.45) is 5.92 Å². The van der Waals surface area contributed by atoms with Crippen molar-refractivity contribution < 1.29 is 4.79 Å². The van der Waals surface area contributed by atoms with Gasteiger partial charge in [0.15, 0.2) is 0 Å². The molecule has 0 heterocycles. The Kier molecular flexibility index (Phi) is 4.91. The number of carbonyl (C=O) groups excluding carboxylic acids is 1. The van der Waals surface area contributed by atoms with Crippen LogP contribution in [0.3, 0.4) is 0 Å². The molecule has 0 saturated heterocycles. The third-order valence-corrected chi connectivity index (χ3v) is 4.87. The van der Waals surface area contributed by atoms with Crippen LogP contribution in [0, 0.1) is 5.92 Å². The first-order chi connectivity index (χ1) is 9.00. The number of halogens is 2. The molecule has 0 bridgehead atoms. The molecule has 0 aliphatic heterocycles. The summed E-state index contributed by atoms with van der Waals surface area (Å²) in [6.07, 6.45) is 4.78. The topological polar surface area (TPSA) is 20.3 Å². The van der Waals surface area contributed by atoms with E-state index in [4.69, 9.17) is 11.6 Å². The van der Waals surface area contributed by atoms with E-state index in [1.807, 2.05) is 18.0 Å². The molecule has 4 heteroatoms. The minimum absolute atomic E-state index is 0.0186. The molecule has 104 valence electrons. The summed E-state index contributed by atoms with van der Waals surface area (Å²) >= 11 is 9.53. The highest BCUT2D eigenvalue weighted by molar-refractivity contribution is 9.10. The monoisotopic (exact) mass is 343 g/mol. The number of amides is 1. The molecule has 0 aromatic heterocycles. The molecule has 2 nitrogen and oxygen atoms in total. The summed E-state index contributed by atoms with van der Waals surface area (Å²) in [4.78, 5) is 14.5. The summed E-state index contributed by atoms with van der Waals surface area (Å²) in [5.74, 6) is 0.582. The number of nitrogens with zero attached hydrogens (tertiary/aromatic N) is 1. The lowest BCUT2D eigenvalue weighted by molar-refractivity contribution is 0.0629. The molecular weight excluding hydrogens is 326 g/mol.